The number of carbonyl (C=O) groups is 1. The lowest BCUT2D eigenvalue weighted by Gasteiger charge is -2.26. The Bertz CT molecular complexity index is 1080. The molecule has 0 saturated carbocycles. The van der Waals surface area contributed by atoms with Crippen molar-refractivity contribution >= 4 is 16.9 Å². The molecule has 0 bridgehead atoms. The number of pyridine rings is 1. The van der Waals surface area contributed by atoms with Crippen LogP contribution in [0.5, 0.6) is 11.5 Å². The molecule has 29 heavy (non-hydrogen) atoms. The van der Waals surface area contributed by atoms with Gasteiger partial charge in [0.15, 0.2) is 17.6 Å². The van der Waals surface area contributed by atoms with Gasteiger partial charge in [0.1, 0.15) is 12.2 Å². The number of carbonyl (C=O) groups excluding carboxylic acids is 1. The highest BCUT2D eigenvalue weighted by Gasteiger charge is 2.23. The normalized spacial score (nSPS) is 15.3. The van der Waals surface area contributed by atoms with Crippen LogP contribution in [-0.4, -0.2) is 36.9 Å². The lowest BCUT2D eigenvalue weighted by Crippen LogP contribution is -2.33. The molecule has 0 amide bonds. The van der Waals surface area contributed by atoms with Gasteiger partial charge < -0.3 is 23.9 Å². The SMILES string of the molecule is CCOC(=O)c1c[nH]c2cc3c(cc2c1=O)OCC(COCc1ccccc1)O3. The molecule has 0 fully saturated rings. The van der Waals surface area contributed by atoms with Crippen LogP contribution in [0.15, 0.2) is 53.5 Å². The minimum absolute atomic E-state index is 0.0387. The zero-order chi connectivity index (χ0) is 20.2. The van der Waals surface area contributed by atoms with Crippen LogP contribution in [0.2, 0.25) is 0 Å². The summed E-state index contributed by atoms with van der Waals surface area (Å²) in [5, 5.41) is 0.344. The van der Waals surface area contributed by atoms with E-state index in [2.05, 4.69) is 4.98 Å². The third-order valence-electron chi connectivity index (χ3n) is 4.57. The summed E-state index contributed by atoms with van der Waals surface area (Å²) in [5.74, 6) is 0.334. The molecule has 0 spiro atoms. The first-order chi connectivity index (χ1) is 14.2. The highest BCUT2D eigenvalue weighted by atomic mass is 16.6. The van der Waals surface area contributed by atoms with Gasteiger partial charge >= 0.3 is 5.97 Å². The van der Waals surface area contributed by atoms with Crippen LogP contribution in [-0.2, 0) is 16.1 Å². The summed E-state index contributed by atoms with van der Waals surface area (Å²) in [6, 6.07) is 13.2. The van der Waals surface area contributed by atoms with Crippen molar-refractivity contribution in [3.05, 3.63) is 70.0 Å². The van der Waals surface area contributed by atoms with Crippen LogP contribution < -0.4 is 14.9 Å². The smallest absolute Gasteiger partial charge is 0.343 e. The zero-order valence-corrected chi connectivity index (χ0v) is 16.0. The highest BCUT2D eigenvalue weighted by Crippen LogP contribution is 2.34. The Labute approximate surface area is 167 Å². The van der Waals surface area contributed by atoms with Crippen molar-refractivity contribution in [1.82, 2.24) is 4.98 Å². The Hall–Kier alpha value is -3.32. The summed E-state index contributed by atoms with van der Waals surface area (Å²) >= 11 is 0. The summed E-state index contributed by atoms with van der Waals surface area (Å²) < 4.78 is 22.4. The molecule has 0 aliphatic carbocycles. The predicted octanol–water partition coefficient (Wildman–Crippen LogP) is 3.06. The molecule has 150 valence electrons. The van der Waals surface area contributed by atoms with E-state index >= 15 is 0 Å². The van der Waals surface area contributed by atoms with Gasteiger partial charge in [0.2, 0.25) is 5.43 Å². The molecule has 7 heteroatoms. The number of nitrogens with one attached hydrogen (secondary N) is 1. The van der Waals surface area contributed by atoms with E-state index in [-0.39, 0.29) is 18.3 Å². The summed E-state index contributed by atoms with van der Waals surface area (Å²) in [7, 11) is 0. The zero-order valence-electron chi connectivity index (χ0n) is 16.0. The topological polar surface area (TPSA) is 86.9 Å². The van der Waals surface area contributed by atoms with E-state index in [1.807, 2.05) is 30.3 Å². The van der Waals surface area contributed by atoms with Crippen LogP contribution in [0.1, 0.15) is 22.8 Å². The van der Waals surface area contributed by atoms with E-state index in [1.54, 1.807) is 19.1 Å². The summed E-state index contributed by atoms with van der Waals surface area (Å²) in [6.07, 6.45) is 1.10. The van der Waals surface area contributed by atoms with Crippen LogP contribution in [0.4, 0.5) is 0 Å². The number of H-pyrrole nitrogens is 1. The third-order valence-corrected chi connectivity index (χ3v) is 4.57. The summed E-state index contributed by atoms with van der Waals surface area (Å²) in [5.41, 5.74) is 1.20. The van der Waals surface area contributed by atoms with Gasteiger partial charge in [-0.05, 0) is 18.6 Å². The van der Waals surface area contributed by atoms with Crippen LogP contribution in [0, 0.1) is 0 Å². The van der Waals surface area contributed by atoms with Crippen LogP contribution in [0.25, 0.3) is 10.9 Å². The molecule has 1 N–H and O–H groups in total. The second-order valence-corrected chi connectivity index (χ2v) is 6.65. The molecule has 0 radical (unpaired) electrons. The fraction of sp³-hybridized carbons (Fsp3) is 0.273. The van der Waals surface area contributed by atoms with Crippen molar-refractivity contribution in [3.63, 3.8) is 0 Å². The van der Waals surface area contributed by atoms with Gasteiger partial charge in [-0.25, -0.2) is 4.79 Å². The molecular formula is C22H21NO6. The molecular weight excluding hydrogens is 374 g/mol. The summed E-state index contributed by atoms with van der Waals surface area (Å²) in [4.78, 5) is 27.5. The van der Waals surface area contributed by atoms with Crippen LogP contribution in [0.3, 0.4) is 0 Å². The van der Waals surface area contributed by atoms with Gasteiger partial charge in [-0.3, -0.25) is 4.79 Å². The number of fused-ring (bicyclic) bond motifs is 2. The average molecular weight is 395 g/mol. The van der Waals surface area contributed by atoms with E-state index in [9.17, 15) is 9.59 Å². The van der Waals surface area contributed by atoms with Gasteiger partial charge in [-0.2, -0.15) is 0 Å². The van der Waals surface area contributed by atoms with E-state index in [1.165, 1.54) is 6.20 Å². The Morgan fingerprint density at radius 2 is 2.03 bits per heavy atom. The van der Waals surface area contributed by atoms with Crippen molar-refractivity contribution in [3.8, 4) is 11.5 Å². The molecule has 3 aromatic rings. The number of esters is 1. The molecule has 1 aliphatic rings. The van der Waals surface area contributed by atoms with E-state index in [0.717, 1.165) is 5.56 Å². The molecule has 4 rings (SSSR count). The Morgan fingerprint density at radius 3 is 2.83 bits per heavy atom. The molecule has 2 aromatic carbocycles. The van der Waals surface area contributed by atoms with Crippen molar-refractivity contribution in [2.24, 2.45) is 0 Å². The number of rotatable bonds is 6. The Kier molecular flexibility index (Phi) is 5.48. The maximum absolute atomic E-state index is 12.6. The average Bonchev–Trinajstić information content (AvgIpc) is 2.74. The maximum Gasteiger partial charge on any atom is 0.343 e. The van der Waals surface area contributed by atoms with Crippen molar-refractivity contribution in [2.45, 2.75) is 19.6 Å². The van der Waals surface area contributed by atoms with Crippen molar-refractivity contribution < 1.29 is 23.7 Å². The van der Waals surface area contributed by atoms with Gasteiger partial charge in [0, 0.05) is 12.3 Å². The number of ether oxygens (including phenoxy) is 4. The van der Waals surface area contributed by atoms with Gasteiger partial charge in [0.05, 0.1) is 30.7 Å². The maximum atomic E-state index is 12.6. The molecule has 1 unspecified atom stereocenters. The van der Waals surface area contributed by atoms with Crippen molar-refractivity contribution in [1.29, 1.82) is 0 Å². The molecule has 1 aromatic heterocycles. The number of aromatic nitrogens is 1. The van der Waals surface area contributed by atoms with E-state index in [4.69, 9.17) is 18.9 Å². The quantitative estimate of drug-likeness (QED) is 0.646. The fourth-order valence-corrected chi connectivity index (χ4v) is 3.15. The Morgan fingerprint density at radius 1 is 1.21 bits per heavy atom. The third kappa shape index (κ3) is 4.09. The number of aromatic amines is 1. The lowest BCUT2D eigenvalue weighted by atomic mass is 10.1. The van der Waals surface area contributed by atoms with Crippen molar-refractivity contribution in [2.75, 3.05) is 19.8 Å². The van der Waals surface area contributed by atoms with Gasteiger partial charge in [-0.15, -0.1) is 0 Å². The Balaban J connectivity index is 1.48. The molecule has 0 saturated heterocycles. The first-order valence-corrected chi connectivity index (χ1v) is 9.43. The number of benzene rings is 2. The van der Waals surface area contributed by atoms with E-state index < -0.39 is 11.4 Å². The lowest BCUT2D eigenvalue weighted by molar-refractivity contribution is 0.00286. The second-order valence-electron chi connectivity index (χ2n) is 6.65. The van der Waals surface area contributed by atoms with Crippen LogP contribution >= 0.6 is 0 Å². The number of hydrogen-bond donors (Lipinski definition) is 1. The van der Waals surface area contributed by atoms with Gasteiger partial charge in [-0.1, -0.05) is 30.3 Å². The summed E-state index contributed by atoms with van der Waals surface area (Å²) in [6.45, 7) is 3.07. The largest absolute Gasteiger partial charge is 0.486 e. The minimum atomic E-state index is -0.652. The predicted molar refractivity (Wildman–Crippen MR) is 107 cm³/mol. The fourth-order valence-electron chi connectivity index (χ4n) is 3.15. The first kappa shape index (κ1) is 19.0. The first-order valence-electron chi connectivity index (χ1n) is 9.43. The number of hydrogen-bond acceptors (Lipinski definition) is 6. The minimum Gasteiger partial charge on any atom is -0.486 e. The monoisotopic (exact) mass is 395 g/mol. The van der Waals surface area contributed by atoms with Gasteiger partial charge in [0.25, 0.3) is 0 Å². The molecule has 1 aliphatic heterocycles. The molecule has 7 nitrogen and oxygen atoms in total. The molecule has 1 atom stereocenters. The second kappa shape index (κ2) is 8.36. The van der Waals surface area contributed by atoms with E-state index in [0.29, 0.717) is 42.2 Å². The highest BCUT2D eigenvalue weighted by molar-refractivity contribution is 5.94. The molecule has 2 heterocycles. The standard InChI is InChI=1S/C22H21NO6/c1-2-27-22(25)17-10-23-18-9-20-19(8-16(18)21(17)24)28-13-15(29-20)12-26-11-14-6-4-3-5-7-14/h3-10,15H,2,11-13H2,1H3,(H,23,24).